The van der Waals surface area contributed by atoms with Crippen molar-refractivity contribution >= 4 is 39.5 Å². The van der Waals surface area contributed by atoms with Crippen LogP contribution < -0.4 is 16.0 Å². The molecule has 3 aromatic carbocycles. The van der Waals surface area contributed by atoms with Crippen LogP contribution in [0, 0.1) is 11.6 Å². The van der Waals surface area contributed by atoms with Crippen LogP contribution in [-0.2, 0) is 0 Å². The molecule has 5 nitrogen and oxygen atoms in total. The van der Waals surface area contributed by atoms with E-state index in [9.17, 15) is 8.78 Å². The maximum Gasteiger partial charge on any atom is 0.161 e. The first-order valence-electron chi connectivity index (χ1n) is 9.16. The molecule has 0 bridgehead atoms. The van der Waals surface area contributed by atoms with Crippen LogP contribution in [0.25, 0.3) is 10.8 Å². The van der Waals surface area contributed by atoms with Gasteiger partial charge in [0, 0.05) is 23.7 Å². The lowest BCUT2D eigenvalue weighted by Gasteiger charge is -2.25. The first-order chi connectivity index (χ1) is 14.1. The van der Waals surface area contributed by atoms with E-state index in [2.05, 4.69) is 15.3 Å². The summed E-state index contributed by atoms with van der Waals surface area (Å²) in [5, 5.41) is 5.12. The molecule has 4 aromatic rings. The quantitative estimate of drug-likeness (QED) is 0.477. The van der Waals surface area contributed by atoms with Crippen LogP contribution in [0.2, 0.25) is 0 Å². The van der Waals surface area contributed by atoms with Gasteiger partial charge < -0.3 is 16.0 Å². The predicted molar refractivity (Wildman–Crippen MR) is 113 cm³/mol. The molecule has 7 heteroatoms. The van der Waals surface area contributed by atoms with E-state index in [0.717, 1.165) is 28.6 Å². The SMILES string of the molecule is CCN(c1ncnc(Nc2ccc(F)c(F)c2)c1N)c1cccc2ccccc12. The van der Waals surface area contributed by atoms with E-state index < -0.39 is 11.6 Å². The molecule has 0 saturated carbocycles. The Labute approximate surface area is 166 Å². The van der Waals surface area contributed by atoms with Gasteiger partial charge >= 0.3 is 0 Å². The topological polar surface area (TPSA) is 67.1 Å². The van der Waals surface area contributed by atoms with Gasteiger partial charge in [-0.1, -0.05) is 36.4 Å². The number of fused-ring (bicyclic) bond motifs is 1. The Bertz CT molecular complexity index is 1170. The van der Waals surface area contributed by atoms with Gasteiger partial charge in [-0.25, -0.2) is 18.7 Å². The van der Waals surface area contributed by atoms with E-state index in [1.807, 2.05) is 54.3 Å². The lowest BCUT2D eigenvalue weighted by molar-refractivity contribution is 0.509. The Morgan fingerprint density at radius 2 is 1.76 bits per heavy atom. The van der Waals surface area contributed by atoms with Gasteiger partial charge in [0.2, 0.25) is 0 Å². The molecule has 4 rings (SSSR count). The Kier molecular flexibility index (Phi) is 4.95. The number of benzene rings is 3. The monoisotopic (exact) mass is 391 g/mol. The van der Waals surface area contributed by atoms with Crippen LogP contribution in [0.5, 0.6) is 0 Å². The molecule has 0 aliphatic carbocycles. The maximum atomic E-state index is 13.5. The third-order valence-electron chi connectivity index (χ3n) is 4.67. The molecule has 3 N–H and O–H groups in total. The molecule has 0 unspecified atom stereocenters. The number of nitrogens with one attached hydrogen (secondary N) is 1. The molecule has 29 heavy (non-hydrogen) atoms. The summed E-state index contributed by atoms with van der Waals surface area (Å²) in [5.41, 5.74) is 7.98. The van der Waals surface area contributed by atoms with Gasteiger partial charge in [0.1, 0.15) is 12.0 Å². The third-order valence-corrected chi connectivity index (χ3v) is 4.67. The Balaban J connectivity index is 1.75. The van der Waals surface area contributed by atoms with E-state index in [4.69, 9.17) is 5.73 Å². The van der Waals surface area contributed by atoms with Gasteiger partial charge in [0.25, 0.3) is 0 Å². The third kappa shape index (κ3) is 3.54. The fraction of sp³-hybridized carbons (Fsp3) is 0.0909. The van der Waals surface area contributed by atoms with Crippen LogP contribution in [0.4, 0.5) is 37.5 Å². The zero-order valence-corrected chi connectivity index (χ0v) is 15.7. The van der Waals surface area contributed by atoms with Crippen molar-refractivity contribution in [3.05, 3.63) is 78.6 Å². The van der Waals surface area contributed by atoms with Crippen molar-refractivity contribution in [2.75, 3.05) is 22.5 Å². The van der Waals surface area contributed by atoms with Crippen molar-refractivity contribution in [2.24, 2.45) is 0 Å². The Hall–Kier alpha value is -3.74. The molecule has 0 fully saturated rings. The van der Waals surface area contributed by atoms with Crippen molar-refractivity contribution in [1.82, 2.24) is 9.97 Å². The number of nitrogens with two attached hydrogens (primary N) is 1. The average Bonchev–Trinajstić information content (AvgIpc) is 2.74. The van der Waals surface area contributed by atoms with Crippen LogP contribution >= 0.6 is 0 Å². The van der Waals surface area contributed by atoms with Crippen molar-refractivity contribution in [2.45, 2.75) is 6.92 Å². The summed E-state index contributed by atoms with van der Waals surface area (Å²) in [7, 11) is 0. The average molecular weight is 391 g/mol. The second-order valence-corrected chi connectivity index (χ2v) is 6.46. The maximum absolute atomic E-state index is 13.5. The Morgan fingerprint density at radius 3 is 2.55 bits per heavy atom. The first kappa shape index (κ1) is 18.6. The van der Waals surface area contributed by atoms with Gasteiger partial charge in [-0.3, -0.25) is 0 Å². The molecular weight excluding hydrogens is 372 g/mol. The molecule has 1 heterocycles. The van der Waals surface area contributed by atoms with Crippen molar-refractivity contribution in [1.29, 1.82) is 0 Å². The van der Waals surface area contributed by atoms with Crippen molar-refractivity contribution in [3.8, 4) is 0 Å². The summed E-state index contributed by atoms with van der Waals surface area (Å²) < 4.78 is 26.7. The van der Waals surface area contributed by atoms with E-state index >= 15 is 0 Å². The first-order valence-corrected chi connectivity index (χ1v) is 9.16. The second-order valence-electron chi connectivity index (χ2n) is 6.46. The summed E-state index contributed by atoms with van der Waals surface area (Å²) in [6.07, 6.45) is 1.39. The minimum Gasteiger partial charge on any atom is -0.393 e. The molecule has 0 atom stereocenters. The summed E-state index contributed by atoms with van der Waals surface area (Å²) in [4.78, 5) is 10.5. The molecule has 1 aromatic heterocycles. The predicted octanol–water partition coefficient (Wildman–Crippen LogP) is 5.39. The van der Waals surface area contributed by atoms with E-state index in [0.29, 0.717) is 29.6 Å². The highest BCUT2D eigenvalue weighted by Crippen LogP contribution is 2.36. The number of hydrogen-bond donors (Lipinski definition) is 2. The number of rotatable bonds is 5. The van der Waals surface area contributed by atoms with Crippen LogP contribution in [0.3, 0.4) is 0 Å². The zero-order valence-electron chi connectivity index (χ0n) is 15.7. The normalized spacial score (nSPS) is 10.9. The number of halogens is 2. The lowest BCUT2D eigenvalue weighted by Crippen LogP contribution is -2.20. The van der Waals surface area contributed by atoms with E-state index in [-0.39, 0.29) is 0 Å². The van der Waals surface area contributed by atoms with Crippen LogP contribution in [-0.4, -0.2) is 16.5 Å². The van der Waals surface area contributed by atoms with Gasteiger partial charge in [0.05, 0.1) is 5.69 Å². The number of nitrogens with zero attached hydrogens (tertiary/aromatic N) is 3. The number of nitrogen functional groups attached to an aromatic ring is 1. The van der Waals surface area contributed by atoms with Gasteiger partial charge in [0.15, 0.2) is 23.3 Å². The molecule has 146 valence electrons. The molecule has 0 aliphatic heterocycles. The highest BCUT2D eigenvalue weighted by atomic mass is 19.2. The molecule has 0 radical (unpaired) electrons. The number of hydrogen-bond acceptors (Lipinski definition) is 5. The van der Waals surface area contributed by atoms with Crippen molar-refractivity contribution < 1.29 is 8.78 Å². The standard InChI is InChI=1S/C22H19F2N5/c1-2-29(19-9-5-7-14-6-3-4-8-16(14)19)22-20(25)21(26-13-27-22)28-15-10-11-17(23)18(24)12-15/h3-13H,2,25H2,1H3,(H,26,27,28). The highest BCUT2D eigenvalue weighted by Gasteiger charge is 2.18. The molecular formula is C22H19F2N5. The summed E-state index contributed by atoms with van der Waals surface area (Å²) in [5.74, 6) is -1.02. The largest absolute Gasteiger partial charge is 0.393 e. The second kappa shape index (κ2) is 7.71. The molecule has 0 amide bonds. The lowest BCUT2D eigenvalue weighted by atomic mass is 10.1. The zero-order chi connectivity index (χ0) is 20.4. The summed E-state index contributed by atoms with van der Waals surface area (Å²) in [6, 6.07) is 17.6. The fourth-order valence-electron chi connectivity index (χ4n) is 3.29. The van der Waals surface area contributed by atoms with Crippen LogP contribution in [0.15, 0.2) is 67.0 Å². The molecule has 0 aliphatic rings. The minimum absolute atomic E-state index is 0.312. The van der Waals surface area contributed by atoms with Crippen LogP contribution in [0.1, 0.15) is 6.92 Å². The minimum atomic E-state index is -0.950. The fourth-order valence-corrected chi connectivity index (χ4v) is 3.29. The van der Waals surface area contributed by atoms with E-state index in [1.54, 1.807) is 0 Å². The number of anilines is 5. The van der Waals surface area contributed by atoms with E-state index in [1.165, 1.54) is 12.4 Å². The summed E-state index contributed by atoms with van der Waals surface area (Å²) in [6.45, 7) is 2.63. The Morgan fingerprint density at radius 1 is 0.966 bits per heavy atom. The number of aromatic nitrogens is 2. The molecule has 0 saturated heterocycles. The smallest absolute Gasteiger partial charge is 0.161 e. The van der Waals surface area contributed by atoms with Gasteiger partial charge in [-0.05, 0) is 30.5 Å². The molecule has 0 spiro atoms. The van der Waals surface area contributed by atoms with Gasteiger partial charge in [-0.15, -0.1) is 0 Å². The summed E-state index contributed by atoms with van der Waals surface area (Å²) >= 11 is 0. The van der Waals surface area contributed by atoms with Crippen molar-refractivity contribution in [3.63, 3.8) is 0 Å². The highest BCUT2D eigenvalue weighted by molar-refractivity contribution is 5.97. The van der Waals surface area contributed by atoms with Gasteiger partial charge in [-0.2, -0.15) is 0 Å².